The molecule has 1 aromatic carbocycles. The Kier molecular flexibility index (Phi) is 5.58. The second-order valence-electron chi connectivity index (χ2n) is 8.42. The molecule has 170 valence electrons. The fraction of sp³-hybridized carbons (Fsp3) is 0.320. The summed E-state index contributed by atoms with van der Waals surface area (Å²) in [5.74, 6) is -1.20. The van der Waals surface area contributed by atoms with Crippen molar-refractivity contribution in [2.75, 3.05) is 7.11 Å². The van der Waals surface area contributed by atoms with Crippen LogP contribution in [0, 0.1) is 0 Å². The number of aliphatic hydroxyl groups excluding tert-OH is 1. The van der Waals surface area contributed by atoms with Gasteiger partial charge in [-0.05, 0) is 42.7 Å². The Balaban J connectivity index is 1.61. The van der Waals surface area contributed by atoms with Crippen LogP contribution in [0.1, 0.15) is 54.3 Å². The monoisotopic (exact) mass is 466 g/mol. The SMILES string of the molecule is COc1cc(Cl)cc2cc(C(=O)C3=C(O)C(=O)N(C4CCCCC4)C3c3ccncc3)oc12. The molecule has 3 heterocycles. The smallest absolute Gasteiger partial charge is 0.290 e. The third-order valence-corrected chi connectivity index (χ3v) is 6.69. The topological polar surface area (TPSA) is 92.9 Å². The van der Waals surface area contributed by atoms with Crippen LogP contribution in [0.2, 0.25) is 5.02 Å². The van der Waals surface area contributed by atoms with Crippen molar-refractivity contribution >= 4 is 34.3 Å². The lowest BCUT2D eigenvalue weighted by Gasteiger charge is -2.36. The number of ketones is 1. The summed E-state index contributed by atoms with van der Waals surface area (Å²) in [5, 5.41) is 11.9. The predicted molar refractivity (Wildman–Crippen MR) is 122 cm³/mol. The van der Waals surface area contributed by atoms with E-state index < -0.39 is 23.5 Å². The van der Waals surface area contributed by atoms with Crippen molar-refractivity contribution in [1.82, 2.24) is 9.88 Å². The van der Waals surface area contributed by atoms with Gasteiger partial charge in [0.25, 0.3) is 5.91 Å². The van der Waals surface area contributed by atoms with E-state index >= 15 is 0 Å². The van der Waals surface area contributed by atoms with E-state index in [1.807, 2.05) is 0 Å². The number of hydrogen-bond acceptors (Lipinski definition) is 6. The van der Waals surface area contributed by atoms with Crippen LogP contribution in [0.5, 0.6) is 5.75 Å². The molecule has 8 heteroatoms. The lowest BCUT2D eigenvalue weighted by atomic mass is 9.90. The molecule has 1 amide bonds. The summed E-state index contributed by atoms with van der Waals surface area (Å²) in [4.78, 5) is 32.7. The number of hydrogen-bond donors (Lipinski definition) is 1. The largest absolute Gasteiger partial charge is 0.503 e. The number of methoxy groups -OCH3 is 1. The van der Waals surface area contributed by atoms with E-state index in [-0.39, 0.29) is 17.4 Å². The molecule has 1 unspecified atom stereocenters. The molecule has 1 saturated carbocycles. The molecule has 5 rings (SSSR count). The summed E-state index contributed by atoms with van der Waals surface area (Å²) in [7, 11) is 1.49. The number of pyridine rings is 1. The number of Topliss-reactive ketones (excluding diaryl/α,β-unsaturated/α-hetero) is 1. The van der Waals surface area contributed by atoms with Crippen LogP contribution in [0.4, 0.5) is 0 Å². The average Bonchev–Trinajstić information content (AvgIpc) is 3.38. The van der Waals surface area contributed by atoms with Crippen molar-refractivity contribution in [3.8, 4) is 5.75 Å². The quantitative estimate of drug-likeness (QED) is 0.506. The second-order valence-corrected chi connectivity index (χ2v) is 8.85. The molecule has 1 aliphatic carbocycles. The van der Waals surface area contributed by atoms with Crippen molar-refractivity contribution in [2.45, 2.75) is 44.2 Å². The number of furan rings is 1. The van der Waals surface area contributed by atoms with Gasteiger partial charge in [0.15, 0.2) is 22.9 Å². The Morgan fingerprint density at radius 3 is 2.61 bits per heavy atom. The Hall–Kier alpha value is -3.32. The first kappa shape index (κ1) is 21.5. The van der Waals surface area contributed by atoms with Gasteiger partial charge in [-0.3, -0.25) is 14.6 Å². The molecule has 1 atom stereocenters. The first-order valence-corrected chi connectivity index (χ1v) is 11.3. The Morgan fingerprint density at radius 2 is 1.91 bits per heavy atom. The van der Waals surface area contributed by atoms with E-state index in [4.69, 9.17) is 20.8 Å². The molecule has 1 aliphatic heterocycles. The minimum Gasteiger partial charge on any atom is -0.503 e. The van der Waals surface area contributed by atoms with E-state index in [9.17, 15) is 14.7 Å². The van der Waals surface area contributed by atoms with Crippen LogP contribution in [-0.4, -0.2) is 39.8 Å². The van der Waals surface area contributed by atoms with Crippen molar-refractivity contribution in [3.63, 3.8) is 0 Å². The molecule has 1 N–H and O–H groups in total. The fourth-order valence-electron chi connectivity index (χ4n) is 4.95. The summed E-state index contributed by atoms with van der Waals surface area (Å²) in [6, 6.07) is 7.59. The number of rotatable bonds is 5. The maximum Gasteiger partial charge on any atom is 0.290 e. The number of aliphatic hydroxyl groups is 1. The molecule has 33 heavy (non-hydrogen) atoms. The van der Waals surface area contributed by atoms with Crippen molar-refractivity contribution in [3.05, 3.63) is 70.4 Å². The maximum atomic E-state index is 13.7. The Morgan fingerprint density at radius 1 is 1.18 bits per heavy atom. The van der Waals surface area contributed by atoms with Gasteiger partial charge in [0.1, 0.15) is 0 Å². The zero-order valence-corrected chi connectivity index (χ0v) is 18.8. The fourth-order valence-corrected chi connectivity index (χ4v) is 5.16. The lowest BCUT2D eigenvalue weighted by Crippen LogP contribution is -2.41. The highest BCUT2D eigenvalue weighted by Crippen LogP contribution is 2.43. The number of halogens is 1. The third-order valence-electron chi connectivity index (χ3n) is 6.47. The summed E-state index contributed by atoms with van der Waals surface area (Å²) in [5.41, 5.74) is 1.10. The highest BCUT2D eigenvalue weighted by atomic mass is 35.5. The van der Waals surface area contributed by atoms with Gasteiger partial charge in [-0.2, -0.15) is 0 Å². The zero-order valence-electron chi connectivity index (χ0n) is 18.1. The number of benzene rings is 1. The van der Waals surface area contributed by atoms with Gasteiger partial charge < -0.3 is 19.2 Å². The number of fused-ring (bicyclic) bond motifs is 1. The van der Waals surface area contributed by atoms with Crippen molar-refractivity contribution in [2.24, 2.45) is 0 Å². The van der Waals surface area contributed by atoms with Crippen LogP contribution >= 0.6 is 11.6 Å². The van der Waals surface area contributed by atoms with Crippen molar-refractivity contribution in [1.29, 1.82) is 0 Å². The number of amides is 1. The average molecular weight is 467 g/mol. The van der Waals surface area contributed by atoms with Crippen LogP contribution < -0.4 is 4.74 Å². The first-order chi connectivity index (χ1) is 16.0. The first-order valence-electron chi connectivity index (χ1n) is 11.0. The van der Waals surface area contributed by atoms with E-state index in [0.29, 0.717) is 27.3 Å². The predicted octanol–water partition coefficient (Wildman–Crippen LogP) is 5.40. The van der Waals surface area contributed by atoms with Gasteiger partial charge in [0, 0.05) is 34.9 Å². The highest BCUT2D eigenvalue weighted by Gasteiger charge is 2.47. The number of nitrogens with zero attached hydrogens (tertiary/aromatic N) is 2. The van der Waals surface area contributed by atoms with Gasteiger partial charge in [0.05, 0.1) is 18.7 Å². The molecule has 0 radical (unpaired) electrons. The molecule has 7 nitrogen and oxygen atoms in total. The number of carbonyl (C=O) groups is 2. The molecule has 2 aromatic heterocycles. The van der Waals surface area contributed by atoms with E-state index in [2.05, 4.69) is 4.98 Å². The lowest BCUT2D eigenvalue weighted by molar-refractivity contribution is -0.132. The number of carbonyl (C=O) groups excluding carboxylic acids is 2. The number of aromatic nitrogens is 1. The highest BCUT2D eigenvalue weighted by molar-refractivity contribution is 6.31. The van der Waals surface area contributed by atoms with Crippen LogP contribution in [-0.2, 0) is 4.79 Å². The zero-order chi connectivity index (χ0) is 23.1. The molecular formula is C25H23ClN2O5. The minimum atomic E-state index is -0.713. The third kappa shape index (κ3) is 3.66. The molecule has 0 spiro atoms. The molecule has 2 aliphatic rings. The van der Waals surface area contributed by atoms with Crippen molar-refractivity contribution < 1.29 is 23.8 Å². The molecule has 3 aromatic rings. The Labute approximate surface area is 195 Å². The standard InChI is InChI=1S/C25H23ClN2O5/c1-32-19-13-16(26)11-15-12-18(33-24(15)19)22(29)20-21(14-7-9-27-10-8-14)28(25(31)23(20)30)17-5-3-2-4-6-17/h7-13,17,21,30H,2-6H2,1H3. The summed E-state index contributed by atoms with van der Waals surface area (Å²) >= 11 is 6.16. The van der Waals surface area contributed by atoms with E-state index in [1.54, 1.807) is 47.6 Å². The molecular weight excluding hydrogens is 444 g/mol. The normalized spacial score (nSPS) is 19.5. The van der Waals surface area contributed by atoms with E-state index in [1.165, 1.54) is 7.11 Å². The minimum absolute atomic E-state index is 0.00414. The summed E-state index contributed by atoms with van der Waals surface area (Å²) < 4.78 is 11.2. The van der Waals surface area contributed by atoms with Gasteiger partial charge in [-0.1, -0.05) is 30.9 Å². The van der Waals surface area contributed by atoms with Gasteiger partial charge >= 0.3 is 0 Å². The van der Waals surface area contributed by atoms with Gasteiger partial charge in [-0.25, -0.2) is 0 Å². The van der Waals surface area contributed by atoms with Crippen LogP contribution in [0.15, 0.2) is 58.5 Å². The summed E-state index contributed by atoms with van der Waals surface area (Å²) in [6.45, 7) is 0. The molecule has 1 fully saturated rings. The summed E-state index contributed by atoms with van der Waals surface area (Å²) in [6.07, 6.45) is 8.03. The second kappa shape index (κ2) is 8.56. The van der Waals surface area contributed by atoms with Crippen LogP contribution in [0.3, 0.4) is 0 Å². The maximum absolute atomic E-state index is 13.7. The van der Waals surface area contributed by atoms with Gasteiger partial charge in [-0.15, -0.1) is 0 Å². The Bertz CT molecular complexity index is 1260. The molecule has 0 saturated heterocycles. The van der Waals surface area contributed by atoms with Crippen LogP contribution in [0.25, 0.3) is 11.0 Å². The van der Waals surface area contributed by atoms with Gasteiger partial charge in [0.2, 0.25) is 5.78 Å². The molecule has 0 bridgehead atoms. The van der Waals surface area contributed by atoms with E-state index in [0.717, 1.165) is 32.1 Å². The number of ether oxygens (including phenoxy) is 1.